The van der Waals surface area contributed by atoms with Crippen LogP contribution in [0.2, 0.25) is 5.02 Å². The van der Waals surface area contributed by atoms with E-state index in [9.17, 15) is 4.79 Å². The van der Waals surface area contributed by atoms with Crippen molar-refractivity contribution in [2.45, 2.75) is 12.8 Å². The second-order valence-electron chi connectivity index (χ2n) is 4.80. The summed E-state index contributed by atoms with van der Waals surface area (Å²) < 4.78 is 0. The summed E-state index contributed by atoms with van der Waals surface area (Å²) in [5, 5.41) is 0.642. The molecule has 0 aromatic heterocycles. The van der Waals surface area contributed by atoms with Crippen molar-refractivity contribution in [2.75, 3.05) is 38.1 Å². The van der Waals surface area contributed by atoms with Crippen LogP contribution in [-0.2, 0) is 0 Å². The number of likely N-dealkylation sites (N-methyl/N-ethyl adjacent to an activating group) is 1. The lowest BCUT2D eigenvalue weighted by molar-refractivity contribution is 0.112. The minimum Gasteiger partial charge on any atom is -0.372 e. The van der Waals surface area contributed by atoms with Gasteiger partial charge in [-0.3, -0.25) is 4.79 Å². The van der Waals surface area contributed by atoms with E-state index in [-0.39, 0.29) is 0 Å². The molecule has 18 heavy (non-hydrogen) atoms. The van der Waals surface area contributed by atoms with Crippen LogP contribution in [0, 0.1) is 0 Å². The van der Waals surface area contributed by atoms with Gasteiger partial charge >= 0.3 is 0 Å². The summed E-state index contributed by atoms with van der Waals surface area (Å²) in [5.74, 6) is 0. The predicted molar refractivity (Wildman–Crippen MR) is 75.8 cm³/mol. The first-order chi connectivity index (χ1) is 8.70. The summed E-state index contributed by atoms with van der Waals surface area (Å²) >= 11 is 6.18. The summed E-state index contributed by atoms with van der Waals surface area (Å²) in [4.78, 5) is 15.3. The van der Waals surface area contributed by atoms with Gasteiger partial charge in [0.15, 0.2) is 0 Å². The molecule has 0 spiro atoms. The Labute approximate surface area is 113 Å². The number of likely N-dealkylation sites (tertiary alicyclic amines) is 1. The third kappa shape index (κ3) is 3.24. The summed E-state index contributed by atoms with van der Waals surface area (Å²) in [5.41, 5.74) is 1.61. The Hall–Kier alpha value is -1.06. The van der Waals surface area contributed by atoms with Crippen molar-refractivity contribution in [3.8, 4) is 0 Å². The van der Waals surface area contributed by atoms with Gasteiger partial charge in [0.2, 0.25) is 0 Å². The third-order valence-electron chi connectivity index (χ3n) is 3.47. The second kappa shape index (κ2) is 6.21. The van der Waals surface area contributed by atoms with Crippen molar-refractivity contribution in [2.24, 2.45) is 0 Å². The number of carbonyl (C=O) groups is 1. The van der Waals surface area contributed by atoms with Crippen LogP contribution < -0.4 is 4.90 Å². The Morgan fingerprint density at radius 2 is 2.11 bits per heavy atom. The lowest BCUT2D eigenvalue weighted by Gasteiger charge is -2.24. The van der Waals surface area contributed by atoms with E-state index in [1.165, 1.54) is 25.9 Å². The van der Waals surface area contributed by atoms with Crippen molar-refractivity contribution in [1.82, 2.24) is 4.90 Å². The molecular weight excluding hydrogens is 248 g/mol. The highest BCUT2D eigenvalue weighted by Crippen LogP contribution is 2.25. The Kier molecular flexibility index (Phi) is 4.61. The van der Waals surface area contributed by atoms with E-state index in [0.717, 1.165) is 25.1 Å². The first-order valence-corrected chi connectivity index (χ1v) is 6.77. The molecule has 0 saturated carbocycles. The van der Waals surface area contributed by atoms with Crippen LogP contribution in [0.15, 0.2) is 18.2 Å². The molecule has 0 atom stereocenters. The summed E-state index contributed by atoms with van der Waals surface area (Å²) in [6.45, 7) is 4.46. The monoisotopic (exact) mass is 266 g/mol. The van der Waals surface area contributed by atoms with Gasteiger partial charge in [0, 0.05) is 25.7 Å². The largest absolute Gasteiger partial charge is 0.372 e. The highest BCUT2D eigenvalue weighted by Gasteiger charge is 2.13. The van der Waals surface area contributed by atoms with Crippen molar-refractivity contribution in [3.05, 3.63) is 28.8 Å². The lowest BCUT2D eigenvalue weighted by Crippen LogP contribution is -2.31. The summed E-state index contributed by atoms with van der Waals surface area (Å²) in [6, 6.07) is 5.44. The van der Waals surface area contributed by atoms with Crippen LogP contribution in [0.4, 0.5) is 5.69 Å². The van der Waals surface area contributed by atoms with Crippen LogP contribution >= 0.6 is 11.6 Å². The molecular formula is C14H19ClN2O. The van der Waals surface area contributed by atoms with Gasteiger partial charge in [0.05, 0.1) is 10.7 Å². The number of carbonyl (C=O) groups excluding carboxylic acids is 1. The van der Waals surface area contributed by atoms with Crippen LogP contribution in [0.25, 0.3) is 0 Å². The molecule has 0 amide bonds. The number of nitrogens with zero attached hydrogens (tertiary/aromatic N) is 2. The van der Waals surface area contributed by atoms with E-state index in [2.05, 4.69) is 9.80 Å². The van der Waals surface area contributed by atoms with E-state index in [1.54, 1.807) is 12.1 Å². The fourth-order valence-electron chi connectivity index (χ4n) is 2.32. The molecule has 1 heterocycles. The van der Waals surface area contributed by atoms with E-state index >= 15 is 0 Å². The first-order valence-electron chi connectivity index (χ1n) is 6.39. The molecule has 1 fully saturated rings. The second-order valence-corrected chi connectivity index (χ2v) is 5.21. The smallest absolute Gasteiger partial charge is 0.150 e. The van der Waals surface area contributed by atoms with Gasteiger partial charge in [-0.25, -0.2) is 0 Å². The normalized spacial score (nSPS) is 15.9. The molecule has 1 aliphatic rings. The third-order valence-corrected chi connectivity index (χ3v) is 3.77. The Balaban J connectivity index is 1.95. The summed E-state index contributed by atoms with van der Waals surface area (Å²) in [7, 11) is 2.04. The molecule has 1 aliphatic heterocycles. The number of aldehydes is 1. The van der Waals surface area contributed by atoms with Gasteiger partial charge in [0.25, 0.3) is 0 Å². The van der Waals surface area contributed by atoms with Crippen LogP contribution in [0.5, 0.6) is 0 Å². The molecule has 0 N–H and O–H groups in total. The van der Waals surface area contributed by atoms with Crippen molar-refractivity contribution < 1.29 is 4.79 Å². The molecule has 1 saturated heterocycles. The van der Waals surface area contributed by atoms with Crippen molar-refractivity contribution in [3.63, 3.8) is 0 Å². The highest BCUT2D eigenvalue weighted by atomic mass is 35.5. The zero-order chi connectivity index (χ0) is 13.0. The van der Waals surface area contributed by atoms with E-state index < -0.39 is 0 Å². The molecule has 98 valence electrons. The standard InChI is InChI=1S/C14H19ClN2O/c1-16(8-9-17-6-2-3-7-17)14-5-4-12(11-18)10-13(14)15/h4-5,10-11H,2-3,6-9H2,1H3. The molecule has 0 unspecified atom stereocenters. The van der Waals surface area contributed by atoms with E-state index in [4.69, 9.17) is 11.6 Å². The van der Waals surface area contributed by atoms with Gasteiger partial charge in [-0.2, -0.15) is 0 Å². The van der Waals surface area contributed by atoms with Gasteiger partial charge in [0.1, 0.15) is 6.29 Å². The number of hydrogen-bond donors (Lipinski definition) is 0. The molecule has 0 bridgehead atoms. The van der Waals surface area contributed by atoms with Gasteiger partial charge in [-0.05, 0) is 44.1 Å². The number of benzene rings is 1. The maximum Gasteiger partial charge on any atom is 0.150 e. The Morgan fingerprint density at radius 1 is 1.39 bits per heavy atom. The molecule has 0 radical (unpaired) electrons. The van der Waals surface area contributed by atoms with Crippen LogP contribution in [-0.4, -0.2) is 44.4 Å². The Bertz CT molecular complexity index is 416. The number of rotatable bonds is 5. The minimum atomic E-state index is 0.622. The zero-order valence-electron chi connectivity index (χ0n) is 10.7. The maximum absolute atomic E-state index is 10.7. The van der Waals surface area contributed by atoms with Gasteiger partial charge in [-0.15, -0.1) is 0 Å². The number of halogens is 1. The van der Waals surface area contributed by atoms with Crippen molar-refractivity contribution in [1.29, 1.82) is 0 Å². The molecule has 0 aliphatic carbocycles. The predicted octanol–water partition coefficient (Wildman–Crippen LogP) is 2.68. The molecule has 2 rings (SSSR count). The highest BCUT2D eigenvalue weighted by molar-refractivity contribution is 6.33. The molecule has 4 heteroatoms. The fraction of sp³-hybridized carbons (Fsp3) is 0.500. The fourth-order valence-corrected chi connectivity index (χ4v) is 2.66. The minimum absolute atomic E-state index is 0.622. The summed E-state index contributed by atoms with van der Waals surface area (Å²) in [6.07, 6.45) is 3.46. The molecule has 1 aromatic rings. The molecule has 3 nitrogen and oxygen atoms in total. The first kappa shape index (κ1) is 13.4. The van der Waals surface area contributed by atoms with Crippen LogP contribution in [0.3, 0.4) is 0 Å². The zero-order valence-corrected chi connectivity index (χ0v) is 11.5. The van der Waals surface area contributed by atoms with E-state index in [1.807, 2.05) is 13.1 Å². The number of anilines is 1. The van der Waals surface area contributed by atoms with Crippen LogP contribution in [0.1, 0.15) is 23.2 Å². The average molecular weight is 267 g/mol. The lowest BCUT2D eigenvalue weighted by atomic mass is 10.2. The van der Waals surface area contributed by atoms with Gasteiger partial charge < -0.3 is 9.80 Å². The maximum atomic E-state index is 10.7. The average Bonchev–Trinajstić information content (AvgIpc) is 2.88. The van der Waals surface area contributed by atoms with Crippen molar-refractivity contribution >= 4 is 23.6 Å². The molecule has 1 aromatic carbocycles. The SMILES string of the molecule is CN(CCN1CCCC1)c1ccc(C=O)cc1Cl. The Morgan fingerprint density at radius 3 is 2.72 bits per heavy atom. The number of hydrogen-bond acceptors (Lipinski definition) is 3. The quantitative estimate of drug-likeness (QED) is 0.766. The topological polar surface area (TPSA) is 23.6 Å². The van der Waals surface area contributed by atoms with E-state index in [0.29, 0.717) is 10.6 Å². The van der Waals surface area contributed by atoms with Gasteiger partial charge in [-0.1, -0.05) is 11.6 Å².